The van der Waals surface area contributed by atoms with Gasteiger partial charge in [-0.2, -0.15) is 0 Å². The van der Waals surface area contributed by atoms with E-state index in [4.69, 9.17) is 4.74 Å². The van der Waals surface area contributed by atoms with E-state index >= 15 is 0 Å². The highest BCUT2D eigenvalue weighted by atomic mass is 32.2. The first-order valence-corrected chi connectivity index (χ1v) is 9.00. The molecule has 0 saturated heterocycles. The predicted octanol–water partition coefficient (Wildman–Crippen LogP) is 3.49. The van der Waals surface area contributed by atoms with Crippen LogP contribution in [0.5, 0.6) is 0 Å². The van der Waals surface area contributed by atoms with Crippen LogP contribution in [0, 0.1) is 0 Å². The summed E-state index contributed by atoms with van der Waals surface area (Å²) in [5.74, 6) is -0.667. The van der Waals surface area contributed by atoms with Gasteiger partial charge in [0.2, 0.25) is 0 Å². The van der Waals surface area contributed by atoms with Crippen molar-refractivity contribution < 1.29 is 17.9 Å². The number of thiophene rings is 1. The highest BCUT2D eigenvalue weighted by molar-refractivity contribution is 7.93. The first-order chi connectivity index (χ1) is 11.0. The van der Waals surface area contributed by atoms with E-state index in [9.17, 15) is 13.2 Å². The predicted molar refractivity (Wildman–Crippen MR) is 90.4 cm³/mol. The summed E-state index contributed by atoms with van der Waals surface area (Å²) in [4.78, 5) is 12.0. The highest BCUT2D eigenvalue weighted by Gasteiger charge is 2.28. The van der Waals surface area contributed by atoms with Crippen LogP contribution in [-0.4, -0.2) is 21.5 Å². The van der Waals surface area contributed by atoms with Crippen LogP contribution in [0.25, 0.3) is 10.1 Å². The van der Waals surface area contributed by atoms with E-state index < -0.39 is 16.0 Å². The van der Waals surface area contributed by atoms with Crippen molar-refractivity contribution in [2.75, 3.05) is 11.8 Å². The van der Waals surface area contributed by atoms with E-state index in [2.05, 4.69) is 4.72 Å². The molecule has 5 nitrogen and oxygen atoms in total. The summed E-state index contributed by atoms with van der Waals surface area (Å²) < 4.78 is 33.6. The highest BCUT2D eigenvalue weighted by Crippen LogP contribution is 2.36. The van der Waals surface area contributed by atoms with Crippen molar-refractivity contribution in [1.82, 2.24) is 0 Å². The molecule has 0 spiro atoms. The van der Waals surface area contributed by atoms with E-state index in [1.54, 1.807) is 54.6 Å². The molecule has 0 bridgehead atoms. The van der Waals surface area contributed by atoms with Crippen LogP contribution < -0.4 is 4.72 Å². The van der Waals surface area contributed by atoms with Crippen molar-refractivity contribution in [3.8, 4) is 0 Å². The molecule has 0 aliphatic rings. The van der Waals surface area contributed by atoms with Crippen LogP contribution in [-0.2, 0) is 14.8 Å². The second-order valence-corrected chi connectivity index (χ2v) is 7.39. The molecule has 0 radical (unpaired) electrons. The molecule has 0 saturated carbocycles. The lowest BCUT2D eigenvalue weighted by molar-refractivity contribution is 0.0602. The maximum absolute atomic E-state index is 12.8. The third kappa shape index (κ3) is 2.93. The summed E-state index contributed by atoms with van der Waals surface area (Å²) in [6.07, 6.45) is 0. The zero-order chi connectivity index (χ0) is 16.4. The number of hydrogen-bond acceptors (Lipinski definition) is 5. The lowest BCUT2D eigenvalue weighted by atomic mass is 10.2. The molecule has 1 aromatic heterocycles. The summed E-state index contributed by atoms with van der Waals surface area (Å²) in [5.41, 5.74) is 0.429. The van der Waals surface area contributed by atoms with E-state index in [1.807, 2.05) is 0 Å². The molecule has 0 aliphatic carbocycles. The Kier molecular flexibility index (Phi) is 4.06. The summed E-state index contributed by atoms with van der Waals surface area (Å²) in [6.45, 7) is 0. The van der Waals surface area contributed by atoms with Crippen molar-refractivity contribution >= 4 is 43.1 Å². The van der Waals surface area contributed by atoms with Gasteiger partial charge in [0.1, 0.15) is 9.77 Å². The molecule has 0 unspecified atom stereocenters. The Labute approximate surface area is 137 Å². The fourth-order valence-electron chi connectivity index (χ4n) is 2.23. The lowest BCUT2D eigenvalue weighted by Crippen LogP contribution is -2.16. The molecule has 3 aromatic rings. The molecule has 7 heteroatoms. The summed E-state index contributed by atoms with van der Waals surface area (Å²) in [6, 6.07) is 15.5. The Morgan fingerprint density at radius 2 is 1.70 bits per heavy atom. The Morgan fingerprint density at radius 1 is 1.04 bits per heavy atom. The molecule has 1 heterocycles. The van der Waals surface area contributed by atoms with Gasteiger partial charge >= 0.3 is 5.97 Å². The van der Waals surface area contributed by atoms with Gasteiger partial charge in [0.25, 0.3) is 10.0 Å². The van der Waals surface area contributed by atoms with E-state index in [-0.39, 0.29) is 9.77 Å². The molecular weight excluding hydrogens is 334 g/mol. The van der Waals surface area contributed by atoms with Gasteiger partial charge in [-0.3, -0.25) is 4.72 Å². The average Bonchev–Trinajstić information content (AvgIpc) is 2.95. The van der Waals surface area contributed by atoms with Crippen LogP contribution in [0.1, 0.15) is 9.67 Å². The Morgan fingerprint density at radius 3 is 2.39 bits per heavy atom. The first kappa shape index (κ1) is 15.5. The summed E-state index contributed by atoms with van der Waals surface area (Å²) in [5, 5.41) is 0.501. The number of carbonyl (C=O) groups is 1. The van der Waals surface area contributed by atoms with Crippen molar-refractivity contribution in [2.45, 2.75) is 4.90 Å². The van der Waals surface area contributed by atoms with E-state index in [0.29, 0.717) is 15.8 Å². The van der Waals surface area contributed by atoms with Crippen molar-refractivity contribution in [3.63, 3.8) is 0 Å². The van der Waals surface area contributed by atoms with Crippen LogP contribution in [0.15, 0.2) is 59.5 Å². The average molecular weight is 347 g/mol. The number of nitrogens with one attached hydrogen (secondary N) is 1. The third-order valence-electron chi connectivity index (χ3n) is 3.22. The minimum Gasteiger partial charge on any atom is -0.465 e. The van der Waals surface area contributed by atoms with Crippen molar-refractivity contribution in [3.05, 3.63) is 59.5 Å². The first-order valence-electron chi connectivity index (χ1n) is 6.70. The quantitative estimate of drug-likeness (QED) is 0.733. The number of methoxy groups -OCH3 is 1. The third-order valence-corrected chi connectivity index (χ3v) is 5.96. The summed E-state index contributed by atoms with van der Waals surface area (Å²) in [7, 11) is -2.69. The molecule has 1 N–H and O–H groups in total. The molecule has 0 amide bonds. The number of para-hydroxylation sites is 1. The van der Waals surface area contributed by atoms with Crippen molar-refractivity contribution in [2.24, 2.45) is 0 Å². The number of ether oxygens (including phenoxy) is 1. The zero-order valence-corrected chi connectivity index (χ0v) is 13.8. The molecule has 23 heavy (non-hydrogen) atoms. The number of sulfonamides is 1. The van der Waals surface area contributed by atoms with Gasteiger partial charge < -0.3 is 4.74 Å². The van der Waals surface area contributed by atoms with E-state index in [1.165, 1.54) is 7.11 Å². The van der Waals surface area contributed by atoms with Gasteiger partial charge in [-0.25, -0.2) is 13.2 Å². The number of hydrogen-bond donors (Lipinski definition) is 1. The van der Waals surface area contributed by atoms with Gasteiger partial charge in [-0.15, -0.1) is 11.3 Å². The van der Waals surface area contributed by atoms with Crippen LogP contribution in [0.3, 0.4) is 0 Å². The molecule has 118 valence electrons. The normalized spacial score (nSPS) is 11.3. The zero-order valence-electron chi connectivity index (χ0n) is 12.1. The molecule has 0 atom stereocenters. The SMILES string of the molecule is COC(=O)c1sc2ccccc2c1S(=O)(=O)Nc1ccccc1. The minimum absolute atomic E-state index is 0.0474. The second kappa shape index (κ2) is 6.02. The largest absolute Gasteiger partial charge is 0.465 e. The van der Waals surface area contributed by atoms with Gasteiger partial charge in [0, 0.05) is 15.8 Å². The number of carbonyl (C=O) groups excluding carboxylic acids is 1. The monoisotopic (exact) mass is 347 g/mol. The number of rotatable bonds is 4. The van der Waals surface area contributed by atoms with Crippen molar-refractivity contribution in [1.29, 1.82) is 0 Å². The summed E-state index contributed by atoms with van der Waals surface area (Å²) >= 11 is 1.10. The molecule has 2 aromatic carbocycles. The second-order valence-electron chi connectivity index (χ2n) is 4.72. The maximum Gasteiger partial charge on any atom is 0.349 e. The lowest BCUT2D eigenvalue weighted by Gasteiger charge is -2.09. The van der Waals surface area contributed by atoms with Gasteiger partial charge in [0.15, 0.2) is 0 Å². The molecule has 0 fully saturated rings. The van der Waals surface area contributed by atoms with Gasteiger partial charge in [-0.05, 0) is 18.2 Å². The molecule has 0 aliphatic heterocycles. The van der Waals surface area contributed by atoms with E-state index in [0.717, 1.165) is 11.3 Å². The number of benzene rings is 2. The molecular formula is C16H13NO4S2. The van der Waals surface area contributed by atoms with Crippen LogP contribution in [0.2, 0.25) is 0 Å². The van der Waals surface area contributed by atoms with Gasteiger partial charge in [-0.1, -0.05) is 36.4 Å². The maximum atomic E-state index is 12.8. The fourth-order valence-corrected chi connectivity index (χ4v) is 5.11. The van der Waals surface area contributed by atoms with Crippen LogP contribution >= 0.6 is 11.3 Å². The number of fused-ring (bicyclic) bond motifs is 1. The van der Waals surface area contributed by atoms with Crippen LogP contribution in [0.4, 0.5) is 5.69 Å². The Balaban J connectivity index is 2.19. The Bertz CT molecular complexity index is 962. The molecule has 3 rings (SSSR count). The Hall–Kier alpha value is -2.38. The standard InChI is InChI=1S/C16H13NO4S2/c1-21-16(18)14-15(12-9-5-6-10-13(12)22-14)23(19,20)17-11-7-3-2-4-8-11/h2-10,17H,1H3. The minimum atomic E-state index is -3.92. The topological polar surface area (TPSA) is 72.5 Å². The number of esters is 1. The smallest absolute Gasteiger partial charge is 0.349 e. The van der Waals surface area contributed by atoms with Gasteiger partial charge in [0.05, 0.1) is 7.11 Å². The number of anilines is 1. The fraction of sp³-hybridized carbons (Fsp3) is 0.0625.